The second-order valence-electron chi connectivity index (χ2n) is 4.98. The Morgan fingerprint density at radius 2 is 1.67 bits per heavy atom. The summed E-state index contributed by atoms with van der Waals surface area (Å²) in [5.41, 5.74) is 2.19. The van der Waals surface area contributed by atoms with Crippen LogP contribution in [0.15, 0.2) is 64.5 Å². The van der Waals surface area contributed by atoms with Crippen LogP contribution in [0.4, 0.5) is 0 Å². The Balaban J connectivity index is 2.42. The molecule has 4 heteroatoms. The predicted octanol–water partition coefficient (Wildman–Crippen LogP) is 3.31. The fourth-order valence-corrected chi connectivity index (χ4v) is 2.19. The van der Waals surface area contributed by atoms with E-state index in [4.69, 9.17) is 0 Å². The molecule has 21 heavy (non-hydrogen) atoms. The predicted molar refractivity (Wildman–Crippen MR) is 85.6 cm³/mol. The highest BCUT2D eigenvalue weighted by Crippen LogP contribution is 2.18. The first-order valence-corrected chi connectivity index (χ1v) is 6.76. The number of rotatable bonds is 2. The van der Waals surface area contributed by atoms with Gasteiger partial charge in [0.05, 0.1) is 10.9 Å². The van der Waals surface area contributed by atoms with Crippen LogP contribution in [0.2, 0.25) is 0 Å². The van der Waals surface area contributed by atoms with Gasteiger partial charge in [-0.25, -0.2) is 4.98 Å². The molecule has 1 heterocycles. The molecular formula is C17H15N3O. The minimum Gasteiger partial charge on any atom is -0.267 e. The molecule has 0 bridgehead atoms. The van der Waals surface area contributed by atoms with Crippen LogP contribution >= 0.6 is 0 Å². The van der Waals surface area contributed by atoms with E-state index in [2.05, 4.69) is 10.1 Å². The molecule has 4 nitrogen and oxygen atoms in total. The third-order valence-corrected chi connectivity index (χ3v) is 3.09. The van der Waals surface area contributed by atoms with Crippen LogP contribution in [-0.4, -0.2) is 15.4 Å². The first kappa shape index (κ1) is 13.2. The zero-order chi connectivity index (χ0) is 14.8. The van der Waals surface area contributed by atoms with Crippen molar-refractivity contribution in [3.8, 4) is 11.4 Å². The number of benzene rings is 2. The number of fused-ring (bicyclic) bond motifs is 1. The summed E-state index contributed by atoms with van der Waals surface area (Å²) in [6.07, 6.45) is 0. The van der Waals surface area contributed by atoms with Gasteiger partial charge in [0.1, 0.15) is 0 Å². The Morgan fingerprint density at radius 1 is 1.00 bits per heavy atom. The first-order valence-electron chi connectivity index (χ1n) is 6.76. The van der Waals surface area contributed by atoms with Gasteiger partial charge in [-0.2, -0.15) is 9.78 Å². The largest absolute Gasteiger partial charge is 0.282 e. The Kier molecular flexibility index (Phi) is 3.36. The number of aromatic nitrogens is 2. The maximum Gasteiger partial charge on any atom is 0.282 e. The van der Waals surface area contributed by atoms with E-state index >= 15 is 0 Å². The van der Waals surface area contributed by atoms with E-state index in [0.29, 0.717) is 16.7 Å². The van der Waals surface area contributed by atoms with Crippen molar-refractivity contribution in [3.63, 3.8) is 0 Å². The standard InChI is InChI=1S/C17H15N3O/c1-12(2)19-20-16(13-8-4-3-5-9-13)18-15-11-7-6-10-14(15)17(20)21/h3-11H,1-2H3. The lowest BCUT2D eigenvalue weighted by molar-refractivity contribution is 0.822. The van der Waals surface area contributed by atoms with Crippen molar-refractivity contribution in [1.82, 2.24) is 9.66 Å². The van der Waals surface area contributed by atoms with Gasteiger partial charge in [0, 0.05) is 11.3 Å². The molecular weight excluding hydrogens is 262 g/mol. The molecule has 0 aliphatic heterocycles. The van der Waals surface area contributed by atoms with Crippen LogP contribution in [0.3, 0.4) is 0 Å². The molecule has 0 aliphatic carbocycles. The monoisotopic (exact) mass is 277 g/mol. The van der Waals surface area contributed by atoms with Crippen LogP contribution < -0.4 is 5.56 Å². The Hall–Kier alpha value is -2.75. The van der Waals surface area contributed by atoms with Gasteiger partial charge in [-0.05, 0) is 26.0 Å². The normalized spacial score (nSPS) is 10.6. The lowest BCUT2D eigenvalue weighted by Gasteiger charge is -2.09. The highest BCUT2D eigenvalue weighted by molar-refractivity contribution is 5.81. The summed E-state index contributed by atoms with van der Waals surface area (Å²) >= 11 is 0. The number of hydrogen-bond donors (Lipinski definition) is 0. The zero-order valence-corrected chi connectivity index (χ0v) is 11.9. The number of hydrogen-bond acceptors (Lipinski definition) is 3. The van der Waals surface area contributed by atoms with Gasteiger partial charge in [0.15, 0.2) is 5.82 Å². The van der Waals surface area contributed by atoms with E-state index < -0.39 is 0 Å². The van der Waals surface area contributed by atoms with Gasteiger partial charge < -0.3 is 0 Å². The first-order chi connectivity index (χ1) is 10.2. The molecule has 0 saturated carbocycles. The molecule has 0 spiro atoms. The molecule has 0 unspecified atom stereocenters. The molecule has 3 rings (SSSR count). The molecule has 104 valence electrons. The lowest BCUT2D eigenvalue weighted by atomic mass is 10.2. The van der Waals surface area contributed by atoms with E-state index in [1.165, 1.54) is 4.68 Å². The fourth-order valence-electron chi connectivity index (χ4n) is 2.19. The molecule has 0 saturated heterocycles. The van der Waals surface area contributed by atoms with Gasteiger partial charge in [-0.1, -0.05) is 42.5 Å². The highest BCUT2D eigenvalue weighted by atomic mass is 16.1. The molecule has 0 radical (unpaired) electrons. The van der Waals surface area contributed by atoms with Gasteiger partial charge in [-0.3, -0.25) is 4.79 Å². The summed E-state index contributed by atoms with van der Waals surface area (Å²) in [6.45, 7) is 3.72. The molecule has 3 aromatic rings. The maximum absolute atomic E-state index is 12.7. The maximum atomic E-state index is 12.7. The Labute approximate surface area is 122 Å². The van der Waals surface area contributed by atoms with Crippen molar-refractivity contribution in [2.24, 2.45) is 5.10 Å². The second-order valence-corrected chi connectivity index (χ2v) is 4.98. The number of nitrogens with zero attached hydrogens (tertiary/aromatic N) is 3. The molecule has 1 aromatic heterocycles. The lowest BCUT2D eigenvalue weighted by Crippen LogP contribution is -2.21. The van der Waals surface area contributed by atoms with Crippen molar-refractivity contribution in [1.29, 1.82) is 0 Å². The summed E-state index contributed by atoms with van der Waals surface area (Å²) in [5, 5.41) is 4.92. The average Bonchev–Trinajstić information content (AvgIpc) is 2.50. The van der Waals surface area contributed by atoms with Gasteiger partial charge in [0.25, 0.3) is 5.56 Å². The van der Waals surface area contributed by atoms with Crippen LogP contribution in [-0.2, 0) is 0 Å². The summed E-state index contributed by atoms with van der Waals surface area (Å²) < 4.78 is 1.38. The van der Waals surface area contributed by atoms with E-state index in [0.717, 1.165) is 11.3 Å². The van der Waals surface area contributed by atoms with E-state index in [-0.39, 0.29) is 5.56 Å². The van der Waals surface area contributed by atoms with Gasteiger partial charge in [0.2, 0.25) is 0 Å². The van der Waals surface area contributed by atoms with Crippen molar-refractivity contribution >= 4 is 16.6 Å². The van der Waals surface area contributed by atoms with Crippen molar-refractivity contribution in [3.05, 3.63) is 65.0 Å². The minimum atomic E-state index is -0.152. The Bertz CT molecular complexity index is 875. The van der Waals surface area contributed by atoms with Gasteiger partial charge in [-0.15, -0.1) is 0 Å². The molecule has 0 N–H and O–H groups in total. The van der Waals surface area contributed by atoms with Crippen molar-refractivity contribution < 1.29 is 0 Å². The van der Waals surface area contributed by atoms with Crippen LogP contribution in [0.1, 0.15) is 13.8 Å². The summed E-state index contributed by atoms with van der Waals surface area (Å²) in [6, 6.07) is 16.9. The molecule has 0 fully saturated rings. The Morgan fingerprint density at radius 3 is 2.38 bits per heavy atom. The van der Waals surface area contributed by atoms with E-state index in [1.807, 2.05) is 62.4 Å². The topological polar surface area (TPSA) is 47.2 Å². The second kappa shape index (κ2) is 5.32. The summed E-state index contributed by atoms with van der Waals surface area (Å²) in [4.78, 5) is 17.3. The third kappa shape index (κ3) is 2.48. The third-order valence-electron chi connectivity index (χ3n) is 3.09. The molecule has 0 atom stereocenters. The van der Waals surface area contributed by atoms with Gasteiger partial charge >= 0.3 is 0 Å². The summed E-state index contributed by atoms with van der Waals surface area (Å²) in [7, 11) is 0. The zero-order valence-electron chi connectivity index (χ0n) is 11.9. The molecule has 0 amide bonds. The van der Waals surface area contributed by atoms with Crippen LogP contribution in [0.5, 0.6) is 0 Å². The average molecular weight is 277 g/mol. The number of para-hydroxylation sites is 1. The fraction of sp³-hybridized carbons (Fsp3) is 0.118. The highest BCUT2D eigenvalue weighted by Gasteiger charge is 2.11. The van der Waals surface area contributed by atoms with Crippen molar-refractivity contribution in [2.75, 3.05) is 0 Å². The van der Waals surface area contributed by atoms with E-state index in [9.17, 15) is 4.79 Å². The minimum absolute atomic E-state index is 0.152. The molecule has 2 aromatic carbocycles. The molecule has 0 aliphatic rings. The quantitative estimate of drug-likeness (QED) is 0.675. The SMILES string of the molecule is CC(C)=Nn1c(-c2ccccc2)nc2ccccc2c1=O. The summed E-state index contributed by atoms with van der Waals surface area (Å²) in [5.74, 6) is 0.556. The van der Waals surface area contributed by atoms with Crippen molar-refractivity contribution in [2.45, 2.75) is 13.8 Å². The van der Waals surface area contributed by atoms with E-state index in [1.54, 1.807) is 6.07 Å². The smallest absolute Gasteiger partial charge is 0.267 e. The van der Waals surface area contributed by atoms with Crippen LogP contribution in [0.25, 0.3) is 22.3 Å². The van der Waals surface area contributed by atoms with Crippen LogP contribution in [0, 0.1) is 0 Å².